The zero-order chi connectivity index (χ0) is 20.9. The number of nitrogens with zero attached hydrogens (tertiary/aromatic N) is 2. The zero-order valence-electron chi connectivity index (χ0n) is 16.7. The van der Waals surface area contributed by atoms with Gasteiger partial charge in [-0.25, -0.2) is 14.2 Å². The summed E-state index contributed by atoms with van der Waals surface area (Å²) in [6, 6.07) is 16.4. The molecule has 30 heavy (non-hydrogen) atoms. The van der Waals surface area contributed by atoms with Gasteiger partial charge < -0.3 is 10.6 Å². The van der Waals surface area contributed by atoms with Crippen molar-refractivity contribution in [1.29, 1.82) is 0 Å². The Morgan fingerprint density at radius 3 is 2.60 bits per heavy atom. The van der Waals surface area contributed by atoms with E-state index in [1.165, 1.54) is 17.7 Å². The normalized spacial score (nSPS) is 11.0. The Morgan fingerprint density at radius 2 is 1.87 bits per heavy atom. The number of thiazole rings is 1. The molecule has 7 heteroatoms. The molecule has 0 unspecified atom stereocenters. The van der Waals surface area contributed by atoms with Gasteiger partial charge in [0.15, 0.2) is 4.96 Å². The molecular formula is C23H23FN4OS. The number of aryl methyl sites for hydroxylation is 2. The number of hydrogen-bond donors (Lipinski definition) is 2. The summed E-state index contributed by atoms with van der Waals surface area (Å²) < 4.78 is 15.1. The van der Waals surface area contributed by atoms with Crippen LogP contribution >= 0.6 is 11.3 Å². The van der Waals surface area contributed by atoms with E-state index >= 15 is 0 Å². The zero-order valence-corrected chi connectivity index (χ0v) is 17.5. The second kappa shape index (κ2) is 9.09. The third-order valence-corrected chi connectivity index (χ3v) is 6.13. The van der Waals surface area contributed by atoms with Gasteiger partial charge in [-0.2, -0.15) is 0 Å². The maximum absolute atomic E-state index is 13.1. The second-order valence-corrected chi connectivity index (χ2v) is 8.16. The lowest BCUT2D eigenvalue weighted by Crippen LogP contribution is -2.35. The molecule has 2 aromatic carbocycles. The van der Waals surface area contributed by atoms with Gasteiger partial charge in [0, 0.05) is 28.9 Å². The van der Waals surface area contributed by atoms with Crippen LogP contribution in [0.1, 0.15) is 22.6 Å². The molecule has 0 spiro atoms. The number of urea groups is 1. The van der Waals surface area contributed by atoms with E-state index in [9.17, 15) is 9.18 Å². The number of aromatic nitrogens is 2. The molecule has 0 atom stereocenters. The van der Waals surface area contributed by atoms with Gasteiger partial charge in [-0.1, -0.05) is 41.7 Å². The van der Waals surface area contributed by atoms with Crippen molar-refractivity contribution in [1.82, 2.24) is 20.0 Å². The molecule has 2 N–H and O–H groups in total. The topological polar surface area (TPSA) is 58.4 Å². The van der Waals surface area contributed by atoms with Crippen LogP contribution in [0.4, 0.5) is 9.18 Å². The Hall–Kier alpha value is -3.19. The monoisotopic (exact) mass is 422 g/mol. The Bertz CT molecular complexity index is 1140. The van der Waals surface area contributed by atoms with Crippen LogP contribution in [-0.2, 0) is 13.0 Å². The second-order valence-electron chi connectivity index (χ2n) is 7.09. The van der Waals surface area contributed by atoms with Gasteiger partial charge in [0.2, 0.25) is 0 Å². The Morgan fingerprint density at radius 1 is 1.10 bits per heavy atom. The molecule has 5 nitrogen and oxygen atoms in total. The van der Waals surface area contributed by atoms with E-state index in [4.69, 9.17) is 0 Å². The summed E-state index contributed by atoms with van der Waals surface area (Å²) in [6.45, 7) is 3.10. The van der Waals surface area contributed by atoms with Gasteiger partial charge in [-0.3, -0.25) is 4.40 Å². The lowest BCUT2D eigenvalue weighted by molar-refractivity contribution is 0.240. The van der Waals surface area contributed by atoms with Crippen LogP contribution in [0.15, 0.2) is 60.8 Å². The molecule has 2 heterocycles. The van der Waals surface area contributed by atoms with Gasteiger partial charge in [-0.05, 0) is 49.6 Å². The number of imidazole rings is 1. The van der Waals surface area contributed by atoms with Crippen molar-refractivity contribution < 1.29 is 9.18 Å². The number of nitrogens with one attached hydrogen (secondary N) is 2. The Balaban J connectivity index is 1.29. The number of benzene rings is 2. The van der Waals surface area contributed by atoms with Crippen molar-refractivity contribution in [3.05, 3.63) is 82.7 Å². The molecule has 0 aliphatic heterocycles. The van der Waals surface area contributed by atoms with Crippen LogP contribution in [0.2, 0.25) is 0 Å². The minimum atomic E-state index is -0.261. The summed E-state index contributed by atoms with van der Waals surface area (Å²) in [6.07, 6.45) is 3.79. The molecule has 0 bridgehead atoms. The first-order chi connectivity index (χ1) is 14.6. The van der Waals surface area contributed by atoms with Gasteiger partial charge in [0.1, 0.15) is 5.82 Å². The van der Waals surface area contributed by atoms with Crippen LogP contribution in [0, 0.1) is 12.7 Å². The molecule has 0 aliphatic rings. The van der Waals surface area contributed by atoms with Crippen molar-refractivity contribution >= 4 is 22.3 Å². The summed E-state index contributed by atoms with van der Waals surface area (Å²) >= 11 is 1.55. The molecule has 154 valence electrons. The summed E-state index contributed by atoms with van der Waals surface area (Å²) in [4.78, 5) is 18.6. The average molecular weight is 423 g/mol. The van der Waals surface area contributed by atoms with E-state index in [1.807, 2.05) is 35.7 Å². The van der Waals surface area contributed by atoms with Crippen LogP contribution in [-0.4, -0.2) is 22.0 Å². The number of amides is 2. The highest BCUT2D eigenvalue weighted by Crippen LogP contribution is 2.27. The molecule has 2 amide bonds. The van der Waals surface area contributed by atoms with Crippen LogP contribution in [0.5, 0.6) is 0 Å². The molecule has 0 aliphatic carbocycles. The molecular weight excluding hydrogens is 399 g/mol. The summed E-state index contributed by atoms with van der Waals surface area (Å²) in [5.41, 5.74) is 4.00. The average Bonchev–Trinajstić information content (AvgIpc) is 3.30. The van der Waals surface area contributed by atoms with Gasteiger partial charge in [-0.15, -0.1) is 0 Å². The highest BCUT2D eigenvalue weighted by atomic mass is 32.1. The van der Waals surface area contributed by atoms with Gasteiger partial charge in [0.05, 0.1) is 12.2 Å². The third kappa shape index (κ3) is 4.68. The SMILES string of the molecule is Cc1c(CNC(=O)NCCCc2ccccc2)sc2nc(-c3ccc(F)cc3)cn12. The van der Waals surface area contributed by atoms with E-state index in [2.05, 4.69) is 27.8 Å². The number of rotatable bonds is 7. The summed E-state index contributed by atoms with van der Waals surface area (Å²) in [5, 5.41) is 5.83. The Labute approximate surface area is 178 Å². The lowest BCUT2D eigenvalue weighted by atomic mass is 10.1. The van der Waals surface area contributed by atoms with E-state index in [0.29, 0.717) is 13.1 Å². The fourth-order valence-electron chi connectivity index (χ4n) is 3.28. The predicted molar refractivity (Wildman–Crippen MR) is 118 cm³/mol. The first kappa shape index (κ1) is 20.1. The lowest BCUT2D eigenvalue weighted by Gasteiger charge is -2.07. The van der Waals surface area contributed by atoms with Gasteiger partial charge in [0.25, 0.3) is 0 Å². The number of halogens is 1. The fraction of sp³-hybridized carbons (Fsp3) is 0.217. The summed E-state index contributed by atoms with van der Waals surface area (Å²) in [7, 11) is 0. The minimum absolute atomic E-state index is 0.166. The van der Waals surface area contributed by atoms with E-state index in [-0.39, 0.29) is 11.8 Å². The minimum Gasteiger partial charge on any atom is -0.338 e. The molecule has 2 aromatic heterocycles. The first-order valence-corrected chi connectivity index (χ1v) is 10.7. The molecule has 4 aromatic rings. The largest absolute Gasteiger partial charge is 0.338 e. The standard InChI is InChI=1S/C23H23FN4OS/c1-16-21(14-26-22(29)25-13-5-8-17-6-3-2-4-7-17)30-23-27-20(15-28(16)23)18-9-11-19(24)12-10-18/h2-4,6-7,9-12,15H,5,8,13-14H2,1H3,(H2,25,26,29). The number of carbonyl (C=O) groups is 1. The molecule has 0 fully saturated rings. The molecule has 4 rings (SSSR count). The van der Waals surface area contributed by atoms with Gasteiger partial charge >= 0.3 is 6.03 Å². The van der Waals surface area contributed by atoms with Crippen molar-refractivity contribution in [2.24, 2.45) is 0 Å². The van der Waals surface area contributed by atoms with E-state index < -0.39 is 0 Å². The maximum Gasteiger partial charge on any atom is 0.315 e. The third-order valence-electron chi connectivity index (χ3n) is 4.97. The maximum atomic E-state index is 13.1. The fourth-order valence-corrected chi connectivity index (χ4v) is 4.32. The molecule has 0 radical (unpaired) electrons. The first-order valence-electron chi connectivity index (χ1n) is 9.89. The van der Waals surface area contributed by atoms with E-state index in [1.54, 1.807) is 23.5 Å². The quantitative estimate of drug-likeness (QED) is 0.414. The Kier molecular flexibility index (Phi) is 6.09. The van der Waals surface area contributed by atoms with E-state index in [0.717, 1.165) is 39.6 Å². The number of carbonyl (C=O) groups excluding carboxylic acids is 1. The van der Waals surface area contributed by atoms with Crippen molar-refractivity contribution in [3.63, 3.8) is 0 Å². The summed E-state index contributed by atoms with van der Waals surface area (Å²) in [5.74, 6) is -0.261. The molecule has 0 saturated heterocycles. The van der Waals surface area contributed by atoms with Crippen LogP contribution in [0.3, 0.4) is 0 Å². The highest BCUT2D eigenvalue weighted by molar-refractivity contribution is 7.17. The van der Waals surface area contributed by atoms with Crippen LogP contribution in [0.25, 0.3) is 16.2 Å². The van der Waals surface area contributed by atoms with Crippen molar-refractivity contribution in [2.75, 3.05) is 6.54 Å². The van der Waals surface area contributed by atoms with Crippen LogP contribution < -0.4 is 10.6 Å². The number of fused-ring (bicyclic) bond motifs is 1. The molecule has 0 saturated carbocycles. The van der Waals surface area contributed by atoms with Crippen molar-refractivity contribution in [2.45, 2.75) is 26.3 Å². The number of hydrogen-bond acceptors (Lipinski definition) is 3. The predicted octanol–water partition coefficient (Wildman–Crippen LogP) is 4.94. The smallest absolute Gasteiger partial charge is 0.315 e. The van der Waals surface area contributed by atoms with Crippen molar-refractivity contribution in [3.8, 4) is 11.3 Å². The highest BCUT2D eigenvalue weighted by Gasteiger charge is 2.13.